The average Bonchev–Trinajstić information content (AvgIpc) is 2.83. The maximum absolute atomic E-state index is 12.3. The molecule has 3 nitrogen and oxygen atoms in total. The van der Waals surface area contributed by atoms with Gasteiger partial charge >= 0.3 is 0 Å². The summed E-state index contributed by atoms with van der Waals surface area (Å²) in [6, 6.07) is 9.99. The lowest BCUT2D eigenvalue weighted by molar-refractivity contribution is 0.0940. The molecule has 0 spiro atoms. The first-order valence-electron chi connectivity index (χ1n) is 5.88. The number of fused-ring (bicyclic) bond motifs is 1. The summed E-state index contributed by atoms with van der Waals surface area (Å²) in [5.74, 6) is 0.810. The van der Waals surface area contributed by atoms with Gasteiger partial charge in [-0.25, -0.2) is 0 Å². The van der Waals surface area contributed by atoms with Gasteiger partial charge < -0.3 is 5.32 Å². The van der Waals surface area contributed by atoms with E-state index in [1.54, 1.807) is 30.2 Å². The van der Waals surface area contributed by atoms with Crippen molar-refractivity contribution in [2.45, 2.75) is 10.9 Å². The molecule has 0 bridgehead atoms. The molecule has 5 heteroatoms. The predicted octanol–water partition coefficient (Wildman–Crippen LogP) is 3.42. The van der Waals surface area contributed by atoms with Crippen molar-refractivity contribution < 1.29 is 4.79 Å². The summed E-state index contributed by atoms with van der Waals surface area (Å²) < 4.78 is 0.714. The zero-order chi connectivity index (χ0) is 13.2. The van der Waals surface area contributed by atoms with Gasteiger partial charge in [-0.15, -0.1) is 11.8 Å². The Balaban J connectivity index is 1.81. The standard InChI is InChI=1S/C14H11BrN2OS/c15-11-7-16-6-5-9(11)14(18)17-12-8-19-13-4-2-1-3-10(12)13/h1-7,12H,8H2,(H,17,18)/t12-/m0/s1. The molecule has 0 unspecified atom stereocenters. The first-order valence-corrected chi connectivity index (χ1v) is 7.65. The molecule has 0 aliphatic carbocycles. The summed E-state index contributed by atoms with van der Waals surface area (Å²) in [6.07, 6.45) is 3.25. The average molecular weight is 335 g/mol. The third kappa shape index (κ3) is 2.53. The van der Waals surface area contributed by atoms with Gasteiger partial charge in [-0.2, -0.15) is 0 Å². The lowest BCUT2D eigenvalue weighted by atomic mass is 10.1. The van der Waals surface area contributed by atoms with Crippen molar-refractivity contribution >= 4 is 33.6 Å². The lowest BCUT2D eigenvalue weighted by Crippen LogP contribution is -2.28. The molecule has 1 aromatic carbocycles. The predicted molar refractivity (Wildman–Crippen MR) is 79.3 cm³/mol. The molecule has 1 atom stereocenters. The van der Waals surface area contributed by atoms with Gasteiger partial charge in [0, 0.05) is 27.5 Å². The summed E-state index contributed by atoms with van der Waals surface area (Å²) in [5.41, 5.74) is 1.82. The molecule has 19 heavy (non-hydrogen) atoms. The Morgan fingerprint density at radius 1 is 1.37 bits per heavy atom. The van der Waals surface area contributed by atoms with Crippen LogP contribution in [-0.2, 0) is 0 Å². The van der Waals surface area contributed by atoms with Crippen LogP contribution in [0, 0.1) is 0 Å². The Kier molecular flexibility index (Phi) is 3.57. The maximum atomic E-state index is 12.3. The first kappa shape index (κ1) is 12.7. The number of carbonyl (C=O) groups is 1. The van der Waals surface area contributed by atoms with Crippen LogP contribution >= 0.6 is 27.7 Å². The van der Waals surface area contributed by atoms with Crippen LogP contribution in [0.5, 0.6) is 0 Å². The molecular formula is C14H11BrN2OS. The maximum Gasteiger partial charge on any atom is 0.253 e. The second-order valence-electron chi connectivity index (χ2n) is 4.23. The van der Waals surface area contributed by atoms with Crippen LogP contribution in [-0.4, -0.2) is 16.6 Å². The quantitative estimate of drug-likeness (QED) is 0.914. The van der Waals surface area contributed by atoms with Crippen molar-refractivity contribution in [3.05, 3.63) is 58.3 Å². The van der Waals surface area contributed by atoms with Crippen LogP contribution in [0.15, 0.2) is 52.1 Å². The van der Waals surface area contributed by atoms with E-state index in [4.69, 9.17) is 0 Å². The minimum absolute atomic E-state index is 0.0726. The summed E-state index contributed by atoms with van der Waals surface area (Å²) in [6.45, 7) is 0. The fourth-order valence-corrected chi connectivity index (χ4v) is 3.67. The first-order chi connectivity index (χ1) is 9.25. The number of hydrogen-bond donors (Lipinski definition) is 1. The highest BCUT2D eigenvalue weighted by Crippen LogP contribution is 2.37. The van der Waals surface area contributed by atoms with Gasteiger partial charge in [0.05, 0.1) is 11.6 Å². The Hall–Kier alpha value is -1.33. The molecule has 0 saturated carbocycles. The minimum Gasteiger partial charge on any atom is -0.344 e. The molecule has 1 amide bonds. The highest BCUT2D eigenvalue weighted by atomic mass is 79.9. The van der Waals surface area contributed by atoms with Crippen molar-refractivity contribution in [2.75, 3.05) is 5.75 Å². The fourth-order valence-electron chi connectivity index (χ4n) is 2.08. The number of hydrogen-bond acceptors (Lipinski definition) is 3. The number of nitrogens with zero attached hydrogens (tertiary/aromatic N) is 1. The number of pyridine rings is 1. The van der Waals surface area contributed by atoms with E-state index in [0.29, 0.717) is 10.0 Å². The van der Waals surface area contributed by atoms with E-state index in [1.807, 2.05) is 12.1 Å². The van der Waals surface area contributed by atoms with E-state index in [1.165, 1.54) is 10.5 Å². The monoisotopic (exact) mass is 334 g/mol. The third-order valence-corrected chi connectivity index (χ3v) is 4.84. The molecule has 1 aliphatic heterocycles. The zero-order valence-corrected chi connectivity index (χ0v) is 12.4. The van der Waals surface area contributed by atoms with E-state index in [9.17, 15) is 4.79 Å². The van der Waals surface area contributed by atoms with E-state index >= 15 is 0 Å². The number of amides is 1. The highest BCUT2D eigenvalue weighted by Gasteiger charge is 2.24. The molecule has 2 heterocycles. The van der Waals surface area contributed by atoms with Crippen LogP contribution < -0.4 is 5.32 Å². The van der Waals surface area contributed by atoms with Crippen molar-refractivity contribution in [3.63, 3.8) is 0 Å². The number of thioether (sulfide) groups is 1. The summed E-state index contributed by atoms with van der Waals surface area (Å²) >= 11 is 5.13. The largest absolute Gasteiger partial charge is 0.344 e. The Morgan fingerprint density at radius 3 is 3.05 bits per heavy atom. The Labute approximate surface area is 123 Å². The summed E-state index contributed by atoms with van der Waals surface area (Å²) in [5, 5.41) is 3.07. The van der Waals surface area contributed by atoms with Crippen molar-refractivity contribution in [2.24, 2.45) is 0 Å². The SMILES string of the molecule is O=C(N[C@H]1CSc2ccccc21)c1ccncc1Br. The molecular weight excluding hydrogens is 324 g/mol. The van der Waals surface area contributed by atoms with E-state index in [-0.39, 0.29) is 11.9 Å². The molecule has 0 radical (unpaired) electrons. The van der Waals surface area contributed by atoms with Crippen LogP contribution in [0.1, 0.15) is 22.0 Å². The molecule has 2 aromatic rings. The summed E-state index contributed by atoms with van der Waals surface area (Å²) in [7, 11) is 0. The van der Waals surface area contributed by atoms with Crippen LogP contribution in [0.3, 0.4) is 0 Å². The third-order valence-electron chi connectivity index (χ3n) is 3.02. The number of aromatic nitrogens is 1. The molecule has 1 aliphatic rings. The van der Waals surface area contributed by atoms with Gasteiger partial charge in [-0.05, 0) is 33.6 Å². The van der Waals surface area contributed by atoms with E-state index in [2.05, 4.69) is 38.4 Å². The Bertz CT molecular complexity index is 632. The van der Waals surface area contributed by atoms with E-state index < -0.39 is 0 Å². The van der Waals surface area contributed by atoms with Gasteiger partial charge in [0.25, 0.3) is 5.91 Å². The molecule has 0 saturated heterocycles. The zero-order valence-electron chi connectivity index (χ0n) is 9.97. The number of nitrogens with one attached hydrogen (secondary N) is 1. The van der Waals surface area contributed by atoms with Gasteiger partial charge in [-0.3, -0.25) is 9.78 Å². The molecule has 96 valence electrons. The lowest BCUT2D eigenvalue weighted by Gasteiger charge is -2.13. The Morgan fingerprint density at radius 2 is 2.21 bits per heavy atom. The van der Waals surface area contributed by atoms with Crippen molar-refractivity contribution in [1.82, 2.24) is 10.3 Å². The van der Waals surface area contributed by atoms with Crippen molar-refractivity contribution in [3.8, 4) is 0 Å². The highest BCUT2D eigenvalue weighted by molar-refractivity contribution is 9.10. The topological polar surface area (TPSA) is 42.0 Å². The van der Waals surface area contributed by atoms with Gasteiger partial charge in [0.1, 0.15) is 0 Å². The second-order valence-corrected chi connectivity index (χ2v) is 6.15. The second kappa shape index (κ2) is 5.35. The van der Waals surface area contributed by atoms with E-state index in [0.717, 1.165) is 5.75 Å². The molecule has 0 fully saturated rings. The van der Waals surface area contributed by atoms with Gasteiger partial charge in [0.2, 0.25) is 0 Å². The molecule has 1 N–H and O–H groups in total. The fraction of sp³-hybridized carbons (Fsp3) is 0.143. The van der Waals surface area contributed by atoms with Crippen LogP contribution in [0.2, 0.25) is 0 Å². The molecule has 3 rings (SSSR count). The number of benzene rings is 1. The minimum atomic E-state index is -0.0726. The van der Waals surface area contributed by atoms with Crippen LogP contribution in [0.25, 0.3) is 0 Å². The van der Waals surface area contributed by atoms with Gasteiger partial charge in [0.15, 0.2) is 0 Å². The molecule has 1 aromatic heterocycles. The number of halogens is 1. The number of rotatable bonds is 2. The normalized spacial score (nSPS) is 17.0. The summed E-state index contributed by atoms with van der Waals surface area (Å²) in [4.78, 5) is 17.5. The van der Waals surface area contributed by atoms with Gasteiger partial charge in [-0.1, -0.05) is 18.2 Å². The number of carbonyl (C=O) groups excluding carboxylic acids is 1. The van der Waals surface area contributed by atoms with Crippen molar-refractivity contribution in [1.29, 1.82) is 0 Å². The van der Waals surface area contributed by atoms with Crippen LogP contribution in [0.4, 0.5) is 0 Å². The smallest absolute Gasteiger partial charge is 0.253 e.